The Balaban J connectivity index is 1.58. The van der Waals surface area contributed by atoms with Crippen molar-refractivity contribution >= 4 is 34.7 Å². The van der Waals surface area contributed by atoms with E-state index in [4.69, 9.17) is 9.47 Å². The third-order valence-electron chi connectivity index (χ3n) is 5.74. The van der Waals surface area contributed by atoms with Crippen LogP contribution in [0.5, 0.6) is 0 Å². The number of carbonyl (C=O) groups is 4. The van der Waals surface area contributed by atoms with E-state index in [1.807, 2.05) is 0 Å². The smallest absolute Gasteiger partial charge is 0.339 e. The number of aromatic carboxylic acids is 2. The van der Waals surface area contributed by atoms with E-state index >= 15 is 0 Å². The monoisotopic (exact) mass is 558 g/mol. The Hall–Kier alpha value is -5.09. The quantitative estimate of drug-likeness (QED) is 0.258. The molecule has 0 fully saturated rings. The summed E-state index contributed by atoms with van der Waals surface area (Å²) in [4.78, 5) is 49.1. The molecule has 202 valence electrons. The normalized spacial score (nSPS) is 11.3. The fourth-order valence-corrected chi connectivity index (χ4v) is 4.83. The molecule has 40 heavy (non-hydrogen) atoms. The topological polar surface area (TPSA) is 144 Å². The third kappa shape index (κ3) is 6.66. The number of hydrogen-bond donors (Lipinski definition) is 2. The molecule has 1 atom stereocenters. The number of hydrogen-bond acceptors (Lipinski definition) is 7. The van der Waals surface area contributed by atoms with E-state index in [0.717, 1.165) is 18.2 Å². The maximum absolute atomic E-state index is 13.4. The Morgan fingerprint density at radius 3 is 1.45 bits per heavy atom. The van der Waals surface area contributed by atoms with Gasteiger partial charge in [0, 0.05) is 9.79 Å². The molecular formula is C30H22O9S. The summed E-state index contributed by atoms with van der Waals surface area (Å²) >= 11 is 0. The number of esters is 2. The van der Waals surface area contributed by atoms with E-state index in [2.05, 4.69) is 0 Å². The molecule has 0 bridgehead atoms. The van der Waals surface area contributed by atoms with E-state index in [0.29, 0.717) is 11.1 Å². The van der Waals surface area contributed by atoms with Crippen molar-refractivity contribution in [2.24, 2.45) is 0 Å². The Morgan fingerprint density at radius 1 is 0.550 bits per heavy atom. The first-order chi connectivity index (χ1) is 19.2. The highest BCUT2D eigenvalue weighted by molar-refractivity contribution is 7.85. The van der Waals surface area contributed by atoms with Crippen molar-refractivity contribution in [3.8, 4) is 0 Å². The number of carboxylic acids is 2. The average molecular weight is 559 g/mol. The van der Waals surface area contributed by atoms with Crippen LogP contribution in [0, 0.1) is 0 Å². The molecule has 0 aliphatic heterocycles. The zero-order valence-corrected chi connectivity index (χ0v) is 21.6. The summed E-state index contributed by atoms with van der Waals surface area (Å²) in [6.45, 7) is -0.165. The molecule has 0 aromatic heterocycles. The lowest BCUT2D eigenvalue weighted by Gasteiger charge is -2.11. The van der Waals surface area contributed by atoms with Gasteiger partial charge in [-0.05, 0) is 47.5 Å². The standard InChI is InChI=1S/C30H22O9S/c31-27(32)23-13-11-22(16-26(23)30(36)39-18-20-9-5-2-6-10-20)40(37)21-12-14-24(25(15-21)28(33)34)29(35)38-17-19-7-3-1-4-8-19/h1-16H,17-18H2,(H,31,32)(H,33,34). The Morgan fingerprint density at radius 2 is 0.975 bits per heavy atom. The Bertz CT molecular complexity index is 1600. The second kappa shape index (κ2) is 12.6. The molecule has 0 saturated heterocycles. The summed E-state index contributed by atoms with van der Waals surface area (Å²) < 4.78 is 23.9. The summed E-state index contributed by atoms with van der Waals surface area (Å²) in [5.41, 5.74) is 0.101. The maximum atomic E-state index is 13.4. The van der Waals surface area contributed by atoms with Gasteiger partial charge in [0.05, 0.1) is 33.1 Å². The molecule has 0 spiro atoms. The van der Waals surface area contributed by atoms with E-state index < -0.39 is 40.2 Å². The number of rotatable bonds is 10. The molecule has 2 N–H and O–H groups in total. The Labute approximate surface area is 231 Å². The summed E-state index contributed by atoms with van der Waals surface area (Å²) in [6, 6.07) is 24.7. The van der Waals surface area contributed by atoms with Crippen molar-refractivity contribution in [3.05, 3.63) is 130 Å². The molecule has 0 radical (unpaired) electrons. The van der Waals surface area contributed by atoms with Gasteiger partial charge in [0.1, 0.15) is 13.2 Å². The molecule has 0 aliphatic rings. The van der Waals surface area contributed by atoms with Gasteiger partial charge < -0.3 is 19.7 Å². The van der Waals surface area contributed by atoms with E-state index in [9.17, 15) is 33.6 Å². The van der Waals surface area contributed by atoms with Crippen LogP contribution in [-0.4, -0.2) is 38.3 Å². The molecule has 9 nitrogen and oxygen atoms in total. The maximum Gasteiger partial charge on any atom is 0.339 e. The van der Waals surface area contributed by atoms with Gasteiger partial charge in [0.2, 0.25) is 0 Å². The highest BCUT2D eigenvalue weighted by atomic mass is 32.2. The van der Waals surface area contributed by atoms with Crippen LogP contribution in [0.25, 0.3) is 0 Å². The van der Waals surface area contributed by atoms with E-state index in [1.54, 1.807) is 60.7 Å². The second-order valence-electron chi connectivity index (χ2n) is 8.42. The van der Waals surface area contributed by atoms with Crippen molar-refractivity contribution in [3.63, 3.8) is 0 Å². The molecule has 4 aromatic rings. The first kappa shape index (κ1) is 27.9. The minimum atomic E-state index is -2.03. The van der Waals surface area contributed by atoms with Gasteiger partial charge in [0.15, 0.2) is 0 Å². The van der Waals surface area contributed by atoms with Crippen LogP contribution < -0.4 is 0 Å². The molecule has 4 rings (SSSR count). The highest BCUT2D eigenvalue weighted by Gasteiger charge is 2.23. The van der Waals surface area contributed by atoms with Gasteiger partial charge in [-0.2, -0.15) is 0 Å². The average Bonchev–Trinajstić information content (AvgIpc) is 2.98. The van der Waals surface area contributed by atoms with Crippen molar-refractivity contribution in [1.29, 1.82) is 0 Å². The summed E-state index contributed by atoms with van der Waals surface area (Å²) in [5.74, 6) is -4.61. The van der Waals surface area contributed by atoms with Gasteiger partial charge in [0.25, 0.3) is 0 Å². The minimum absolute atomic E-state index is 0.0173. The first-order valence-corrected chi connectivity index (χ1v) is 13.0. The largest absolute Gasteiger partial charge is 0.478 e. The highest BCUT2D eigenvalue weighted by Crippen LogP contribution is 2.24. The number of carbonyl (C=O) groups excluding carboxylic acids is 2. The van der Waals surface area contributed by atoms with Gasteiger partial charge in [-0.25, -0.2) is 23.4 Å². The number of ether oxygens (including phenoxy) is 2. The first-order valence-electron chi connectivity index (χ1n) is 11.8. The zero-order chi connectivity index (χ0) is 28.6. The fraction of sp³-hybridized carbons (Fsp3) is 0.0667. The molecule has 10 heteroatoms. The number of carboxylic acid groups (broad SMARTS) is 2. The summed E-state index contributed by atoms with van der Waals surface area (Å²) in [6.07, 6.45) is 0. The van der Waals surface area contributed by atoms with Crippen molar-refractivity contribution in [2.75, 3.05) is 0 Å². The lowest BCUT2D eigenvalue weighted by molar-refractivity contribution is 0.0458. The second-order valence-corrected chi connectivity index (χ2v) is 9.90. The Kier molecular flexibility index (Phi) is 8.82. The summed E-state index contributed by atoms with van der Waals surface area (Å²) in [5, 5.41) is 19.3. The molecule has 0 saturated carbocycles. The lowest BCUT2D eigenvalue weighted by Crippen LogP contribution is -2.14. The molecule has 1 unspecified atom stereocenters. The van der Waals surface area contributed by atoms with Crippen LogP contribution in [-0.2, 0) is 33.5 Å². The van der Waals surface area contributed by atoms with Crippen molar-refractivity contribution < 1.29 is 43.1 Å². The molecule has 0 amide bonds. The third-order valence-corrected chi connectivity index (χ3v) is 7.10. The molecule has 0 heterocycles. The van der Waals surface area contributed by atoms with Crippen LogP contribution in [0.2, 0.25) is 0 Å². The van der Waals surface area contributed by atoms with E-state index in [-0.39, 0.29) is 39.7 Å². The van der Waals surface area contributed by atoms with Gasteiger partial charge in [-0.1, -0.05) is 60.7 Å². The van der Waals surface area contributed by atoms with E-state index in [1.165, 1.54) is 18.2 Å². The molecular weight excluding hydrogens is 536 g/mol. The zero-order valence-electron chi connectivity index (χ0n) is 20.8. The predicted molar refractivity (Wildman–Crippen MR) is 143 cm³/mol. The minimum Gasteiger partial charge on any atom is -0.478 e. The van der Waals surface area contributed by atoms with Crippen LogP contribution in [0.15, 0.2) is 107 Å². The fourth-order valence-electron chi connectivity index (χ4n) is 3.73. The van der Waals surface area contributed by atoms with Gasteiger partial charge >= 0.3 is 23.9 Å². The van der Waals surface area contributed by atoms with Crippen molar-refractivity contribution in [1.82, 2.24) is 0 Å². The predicted octanol–water partition coefficient (Wildman–Crippen LogP) is 4.96. The van der Waals surface area contributed by atoms with Crippen LogP contribution in [0.4, 0.5) is 0 Å². The van der Waals surface area contributed by atoms with Gasteiger partial charge in [-0.3, -0.25) is 0 Å². The van der Waals surface area contributed by atoms with Crippen LogP contribution >= 0.6 is 0 Å². The lowest BCUT2D eigenvalue weighted by atomic mass is 10.1. The number of benzene rings is 4. The van der Waals surface area contributed by atoms with Gasteiger partial charge in [-0.15, -0.1) is 0 Å². The summed E-state index contributed by atoms with van der Waals surface area (Å²) in [7, 11) is -2.03. The SMILES string of the molecule is O=C(O)c1cc(S(=O)c2ccc(C(=O)O)c(C(=O)OCc3ccccc3)c2)ccc1C(=O)OCc1ccccc1. The van der Waals surface area contributed by atoms with Crippen LogP contribution in [0.1, 0.15) is 52.6 Å². The van der Waals surface area contributed by atoms with Crippen molar-refractivity contribution in [2.45, 2.75) is 23.0 Å². The molecule has 0 aliphatic carbocycles. The molecule has 4 aromatic carbocycles. The van der Waals surface area contributed by atoms with Crippen LogP contribution in [0.3, 0.4) is 0 Å².